The Bertz CT molecular complexity index is 485. The maximum absolute atomic E-state index is 11.7. The Hall–Kier alpha value is -2.51. The Balaban J connectivity index is 2.45. The number of carboxylic acids is 2. The third kappa shape index (κ3) is 5.98. The second-order valence-corrected chi connectivity index (χ2v) is 4.53. The van der Waals surface area contributed by atoms with E-state index in [0.717, 1.165) is 0 Å². The topological polar surface area (TPSA) is 129 Å². The van der Waals surface area contributed by atoms with Crippen LogP contribution < -0.4 is 10.6 Å². The van der Waals surface area contributed by atoms with Crippen molar-refractivity contribution in [1.29, 1.82) is 0 Å². The van der Waals surface area contributed by atoms with E-state index in [9.17, 15) is 14.4 Å². The zero-order valence-electron chi connectivity index (χ0n) is 11.5. The first kappa shape index (κ1) is 16.5. The molecule has 4 N–H and O–H groups in total. The predicted molar refractivity (Wildman–Crippen MR) is 71.7 cm³/mol. The molecule has 0 aliphatic heterocycles. The largest absolute Gasteiger partial charge is 0.481 e. The molecule has 1 aromatic heterocycles. The molecule has 8 nitrogen and oxygen atoms in total. The number of carboxylic acid groups (broad SMARTS) is 2. The van der Waals surface area contributed by atoms with Crippen LogP contribution >= 0.6 is 0 Å². The summed E-state index contributed by atoms with van der Waals surface area (Å²) in [7, 11) is 0. The molecule has 0 aliphatic rings. The number of urea groups is 1. The van der Waals surface area contributed by atoms with Crippen LogP contribution in [0.1, 0.15) is 38.0 Å². The summed E-state index contributed by atoms with van der Waals surface area (Å²) < 4.78 is 5.12. The minimum absolute atomic E-state index is 0.0458. The molecule has 0 aliphatic carbocycles. The maximum atomic E-state index is 11.7. The van der Waals surface area contributed by atoms with Gasteiger partial charge >= 0.3 is 18.0 Å². The highest BCUT2D eigenvalue weighted by Crippen LogP contribution is 2.12. The van der Waals surface area contributed by atoms with Crippen LogP contribution in [0.3, 0.4) is 0 Å². The molecular formula is C13H18N2O6. The second-order valence-electron chi connectivity index (χ2n) is 4.53. The number of amides is 2. The highest BCUT2D eigenvalue weighted by molar-refractivity contribution is 5.82. The quantitative estimate of drug-likeness (QED) is 0.573. The van der Waals surface area contributed by atoms with E-state index in [0.29, 0.717) is 5.76 Å². The molecule has 0 bridgehead atoms. The Morgan fingerprint density at radius 3 is 2.52 bits per heavy atom. The van der Waals surface area contributed by atoms with Gasteiger partial charge in [-0.25, -0.2) is 9.59 Å². The Labute approximate surface area is 121 Å². The van der Waals surface area contributed by atoms with Crippen LogP contribution in [0, 0.1) is 0 Å². The lowest BCUT2D eigenvalue weighted by Gasteiger charge is -2.17. The van der Waals surface area contributed by atoms with Crippen LogP contribution in [-0.4, -0.2) is 34.2 Å². The van der Waals surface area contributed by atoms with Gasteiger partial charge in [0.1, 0.15) is 11.8 Å². The molecule has 2 atom stereocenters. The van der Waals surface area contributed by atoms with Gasteiger partial charge in [-0.1, -0.05) is 0 Å². The van der Waals surface area contributed by atoms with Crippen molar-refractivity contribution >= 4 is 18.0 Å². The minimum atomic E-state index is -1.21. The van der Waals surface area contributed by atoms with Crippen molar-refractivity contribution in [2.45, 2.75) is 38.3 Å². The van der Waals surface area contributed by atoms with E-state index in [1.807, 2.05) is 0 Å². The van der Waals surface area contributed by atoms with Crippen LogP contribution in [0.25, 0.3) is 0 Å². The molecule has 0 saturated carbocycles. The van der Waals surface area contributed by atoms with Gasteiger partial charge < -0.3 is 25.3 Å². The van der Waals surface area contributed by atoms with E-state index in [-0.39, 0.29) is 19.3 Å². The molecule has 0 aromatic carbocycles. The zero-order valence-corrected chi connectivity index (χ0v) is 11.5. The molecule has 0 spiro atoms. The van der Waals surface area contributed by atoms with Crippen molar-refractivity contribution in [3.8, 4) is 0 Å². The summed E-state index contributed by atoms with van der Waals surface area (Å²) in [5, 5.41) is 22.4. The maximum Gasteiger partial charge on any atom is 0.326 e. The fourth-order valence-corrected chi connectivity index (χ4v) is 1.72. The van der Waals surface area contributed by atoms with Crippen LogP contribution in [0.15, 0.2) is 22.8 Å². The number of furan rings is 1. The minimum Gasteiger partial charge on any atom is -0.481 e. The summed E-state index contributed by atoms with van der Waals surface area (Å²) in [6, 6.07) is 1.17. The number of rotatable bonds is 8. The van der Waals surface area contributed by atoms with Gasteiger partial charge in [0, 0.05) is 6.42 Å². The van der Waals surface area contributed by atoms with Crippen molar-refractivity contribution < 1.29 is 29.0 Å². The molecule has 1 aromatic rings. The van der Waals surface area contributed by atoms with Crippen LogP contribution in [0.2, 0.25) is 0 Å². The van der Waals surface area contributed by atoms with E-state index in [4.69, 9.17) is 14.6 Å². The molecule has 0 saturated heterocycles. The summed E-state index contributed by atoms with van der Waals surface area (Å²) in [4.78, 5) is 33.1. The average Bonchev–Trinajstić information content (AvgIpc) is 2.90. The van der Waals surface area contributed by atoms with Gasteiger partial charge in [-0.3, -0.25) is 4.79 Å². The number of hydrogen-bond acceptors (Lipinski definition) is 4. The van der Waals surface area contributed by atoms with Crippen LogP contribution in [-0.2, 0) is 9.59 Å². The van der Waals surface area contributed by atoms with Crippen molar-refractivity contribution in [3.05, 3.63) is 24.2 Å². The van der Waals surface area contributed by atoms with Gasteiger partial charge in [0.2, 0.25) is 0 Å². The molecule has 1 unspecified atom stereocenters. The van der Waals surface area contributed by atoms with E-state index >= 15 is 0 Å². The monoisotopic (exact) mass is 298 g/mol. The second kappa shape index (κ2) is 7.93. The molecule has 0 radical (unpaired) electrons. The fourth-order valence-electron chi connectivity index (χ4n) is 1.72. The normalized spacial score (nSPS) is 13.2. The summed E-state index contributed by atoms with van der Waals surface area (Å²) in [5.41, 5.74) is 0. The lowest BCUT2D eigenvalue weighted by Crippen LogP contribution is -2.46. The Morgan fingerprint density at radius 2 is 2.00 bits per heavy atom. The van der Waals surface area contributed by atoms with Crippen molar-refractivity contribution in [2.75, 3.05) is 0 Å². The van der Waals surface area contributed by atoms with Crippen molar-refractivity contribution in [3.63, 3.8) is 0 Å². The third-order valence-electron chi connectivity index (χ3n) is 2.80. The lowest BCUT2D eigenvalue weighted by molar-refractivity contribution is -0.140. The number of carbonyl (C=O) groups is 3. The van der Waals surface area contributed by atoms with Crippen molar-refractivity contribution in [1.82, 2.24) is 10.6 Å². The van der Waals surface area contributed by atoms with E-state index in [1.165, 1.54) is 6.26 Å². The highest BCUT2D eigenvalue weighted by atomic mass is 16.4. The van der Waals surface area contributed by atoms with E-state index in [2.05, 4.69) is 10.6 Å². The average molecular weight is 298 g/mol. The van der Waals surface area contributed by atoms with Gasteiger partial charge in [0.05, 0.1) is 12.3 Å². The van der Waals surface area contributed by atoms with Crippen LogP contribution in [0.5, 0.6) is 0 Å². The van der Waals surface area contributed by atoms with E-state index in [1.54, 1.807) is 19.1 Å². The molecular weight excluding hydrogens is 280 g/mol. The lowest BCUT2D eigenvalue weighted by atomic mass is 10.1. The number of carbonyl (C=O) groups excluding carboxylic acids is 1. The third-order valence-corrected chi connectivity index (χ3v) is 2.80. The summed E-state index contributed by atoms with van der Waals surface area (Å²) >= 11 is 0. The van der Waals surface area contributed by atoms with Gasteiger partial charge in [0.25, 0.3) is 0 Å². The van der Waals surface area contributed by atoms with E-state index < -0.39 is 30.1 Å². The van der Waals surface area contributed by atoms with Gasteiger partial charge in [-0.15, -0.1) is 0 Å². The van der Waals surface area contributed by atoms with Crippen molar-refractivity contribution in [2.24, 2.45) is 0 Å². The molecule has 0 fully saturated rings. The first-order chi connectivity index (χ1) is 9.90. The molecule has 2 amide bonds. The predicted octanol–water partition coefficient (Wildman–Crippen LogP) is 1.35. The number of aliphatic carboxylic acids is 2. The summed E-state index contributed by atoms with van der Waals surface area (Å²) in [6.07, 6.45) is 1.54. The molecule has 8 heteroatoms. The number of nitrogens with one attached hydrogen (secondary N) is 2. The van der Waals surface area contributed by atoms with Gasteiger partial charge in [0.15, 0.2) is 0 Å². The first-order valence-corrected chi connectivity index (χ1v) is 6.45. The Kier molecular flexibility index (Phi) is 6.25. The molecule has 21 heavy (non-hydrogen) atoms. The standard InChI is InChI=1S/C13H18N2O6/c1-8(10-5-3-7-21-10)14-13(20)15-9(12(18)19)4-2-6-11(16)17/h3,5,7-9H,2,4,6H2,1H3,(H,16,17)(H,18,19)(H2,14,15,20)/t8?,9-/m1/s1. The molecule has 1 rings (SSSR count). The van der Waals surface area contributed by atoms with Crippen LogP contribution in [0.4, 0.5) is 4.79 Å². The SMILES string of the molecule is CC(NC(=O)N[C@H](CCCC(=O)O)C(=O)O)c1ccco1. The highest BCUT2D eigenvalue weighted by Gasteiger charge is 2.21. The fraction of sp³-hybridized carbons (Fsp3) is 0.462. The summed E-state index contributed by atoms with van der Waals surface area (Å²) in [6.45, 7) is 1.69. The Morgan fingerprint density at radius 1 is 1.29 bits per heavy atom. The van der Waals surface area contributed by atoms with Gasteiger partial charge in [-0.2, -0.15) is 0 Å². The number of hydrogen-bond donors (Lipinski definition) is 4. The van der Waals surface area contributed by atoms with Gasteiger partial charge in [-0.05, 0) is 31.9 Å². The molecule has 116 valence electrons. The smallest absolute Gasteiger partial charge is 0.326 e. The molecule has 1 heterocycles. The zero-order chi connectivity index (χ0) is 15.8. The first-order valence-electron chi connectivity index (χ1n) is 6.45. The summed E-state index contributed by atoms with van der Waals surface area (Å²) in [5.74, 6) is -1.67.